The molecule has 2 aromatic rings. The summed E-state index contributed by atoms with van der Waals surface area (Å²) in [5, 5.41) is 2.79. The number of sulfone groups is 1. The molecule has 0 unspecified atom stereocenters. The van der Waals surface area contributed by atoms with Gasteiger partial charge < -0.3 is 15.1 Å². The summed E-state index contributed by atoms with van der Waals surface area (Å²) in [4.78, 5) is 27.4. The third-order valence-electron chi connectivity index (χ3n) is 5.07. The van der Waals surface area contributed by atoms with E-state index in [-0.39, 0.29) is 16.6 Å². The van der Waals surface area contributed by atoms with Crippen LogP contribution in [-0.4, -0.2) is 59.1 Å². The number of nitrogens with zero attached hydrogens (tertiary/aromatic N) is 1. The van der Waals surface area contributed by atoms with Crippen LogP contribution in [0.3, 0.4) is 0 Å². The second kappa shape index (κ2) is 8.75. The first-order valence-electron chi connectivity index (χ1n) is 9.52. The van der Waals surface area contributed by atoms with Gasteiger partial charge in [0.1, 0.15) is 0 Å². The molecule has 0 aliphatic carbocycles. The molecule has 0 saturated carbocycles. The normalized spacial score (nSPS) is 15.2. The maximum Gasteiger partial charge on any atom is 0.279 e. The third-order valence-corrected chi connectivity index (χ3v) is 6.18. The maximum absolute atomic E-state index is 12.4. The zero-order valence-corrected chi connectivity index (χ0v) is 17.5. The van der Waals surface area contributed by atoms with E-state index in [9.17, 15) is 18.0 Å². The highest BCUT2D eigenvalue weighted by Gasteiger charge is 2.22. The van der Waals surface area contributed by atoms with Gasteiger partial charge in [0.2, 0.25) is 0 Å². The van der Waals surface area contributed by atoms with E-state index in [0.717, 1.165) is 38.1 Å². The van der Waals surface area contributed by atoms with Gasteiger partial charge in [-0.1, -0.05) is 6.07 Å². The van der Waals surface area contributed by atoms with E-state index in [1.165, 1.54) is 17.0 Å². The lowest BCUT2D eigenvalue weighted by Crippen LogP contribution is -3.15. The SMILES string of the molecule is CC(=O)c1ccc(N2CC[NH+](CC(=O)Nc3cccc(S(C)(=O)=O)c3)CC2)cc1. The van der Waals surface area contributed by atoms with Gasteiger partial charge in [0.15, 0.2) is 22.2 Å². The molecule has 1 aliphatic heterocycles. The van der Waals surface area contributed by atoms with Crippen LogP contribution in [0, 0.1) is 0 Å². The largest absolute Gasteiger partial charge is 0.360 e. The van der Waals surface area contributed by atoms with Crippen LogP contribution in [0.1, 0.15) is 17.3 Å². The van der Waals surface area contributed by atoms with E-state index < -0.39 is 9.84 Å². The number of piperazine rings is 1. The monoisotopic (exact) mass is 416 g/mol. The summed E-state index contributed by atoms with van der Waals surface area (Å²) in [7, 11) is -3.31. The number of hydrogen-bond donors (Lipinski definition) is 2. The molecule has 0 spiro atoms. The van der Waals surface area contributed by atoms with E-state index in [4.69, 9.17) is 0 Å². The lowest BCUT2D eigenvalue weighted by atomic mass is 10.1. The van der Waals surface area contributed by atoms with Gasteiger partial charge >= 0.3 is 0 Å². The molecular formula is C21H26N3O4S+. The first-order chi connectivity index (χ1) is 13.7. The number of amides is 1. The summed E-state index contributed by atoms with van der Waals surface area (Å²) in [5.41, 5.74) is 2.27. The van der Waals surface area contributed by atoms with Crippen LogP contribution in [0.4, 0.5) is 11.4 Å². The minimum Gasteiger partial charge on any atom is -0.360 e. The molecule has 1 saturated heterocycles. The number of carbonyl (C=O) groups is 2. The Labute approximate surface area is 171 Å². The third kappa shape index (κ3) is 5.65. The predicted molar refractivity (Wildman–Crippen MR) is 112 cm³/mol. The average Bonchev–Trinajstić information content (AvgIpc) is 2.68. The number of quaternary nitrogens is 1. The molecular weight excluding hydrogens is 390 g/mol. The van der Waals surface area contributed by atoms with Crippen LogP contribution < -0.4 is 15.1 Å². The van der Waals surface area contributed by atoms with Crippen molar-refractivity contribution in [2.45, 2.75) is 11.8 Å². The van der Waals surface area contributed by atoms with Crippen molar-refractivity contribution in [1.82, 2.24) is 0 Å². The quantitative estimate of drug-likeness (QED) is 0.675. The zero-order chi connectivity index (χ0) is 21.0. The molecule has 8 heteroatoms. The lowest BCUT2D eigenvalue weighted by molar-refractivity contribution is -0.892. The molecule has 1 fully saturated rings. The topological polar surface area (TPSA) is 88.0 Å². The second-order valence-corrected chi connectivity index (χ2v) is 9.38. The Bertz CT molecular complexity index is 995. The first-order valence-corrected chi connectivity index (χ1v) is 11.4. The number of anilines is 2. The fourth-order valence-electron chi connectivity index (χ4n) is 3.40. The molecule has 154 valence electrons. The minimum atomic E-state index is -3.31. The lowest BCUT2D eigenvalue weighted by Gasteiger charge is -2.33. The highest BCUT2D eigenvalue weighted by Crippen LogP contribution is 2.16. The van der Waals surface area contributed by atoms with Crippen LogP contribution in [0.5, 0.6) is 0 Å². The van der Waals surface area contributed by atoms with E-state index in [1.807, 2.05) is 24.3 Å². The van der Waals surface area contributed by atoms with Crippen molar-refractivity contribution in [2.75, 3.05) is 49.2 Å². The number of carbonyl (C=O) groups excluding carboxylic acids is 2. The Morgan fingerprint density at radius 2 is 1.72 bits per heavy atom. The van der Waals surface area contributed by atoms with Crippen molar-refractivity contribution in [3.05, 3.63) is 54.1 Å². The average molecular weight is 417 g/mol. The Hall–Kier alpha value is -2.71. The predicted octanol–water partition coefficient (Wildman–Crippen LogP) is 0.636. The zero-order valence-electron chi connectivity index (χ0n) is 16.6. The molecule has 0 radical (unpaired) electrons. The van der Waals surface area contributed by atoms with Gasteiger partial charge in [-0.3, -0.25) is 9.59 Å². The van der Waals surface area contributed by atoms with Gasteiger partial charge in [0, 0.05) is 23.2 Å². The Morgan fingerprint density at radius 3 is 2.31 bits per heavy atom. The number of ketones is 1. The van der Waals surface area contributed by atoms with Crippen LogP contribution >= 0.6 is 0 Å². The molecule has 7 nitrogen and oxygen atoms in total. The summed E-state index contributed by atoms with van der Waals surface area (Å²) >= 11 is 0. The van der Waals surface area contributed by atoms with Gasteiger partial charge in [-0.2, -0.15) is 0 Å². The summed E-state index contributed by atoms with van der Waals surface area (Å²) in [6.45, 7) is 5.19. The molecule has 29 heavy (non-hydrogen) atoms. The van der Waals surface area contributed by atoms with Crippen molar-refractivity contribution in [3.63, 3.8) is 0 Å². The van der Waals surface area contributed by atoms with Crippen molar-refractivity contribution in [2.24, 2.45) is 0 Å². The Kier molecular flexibility index (Phi) is 6.34. The summed E-state index contributed by atoms with van der Waals surface area (Å²) in [6, 6.07) is 13.9. The Morgan fingerprint density at radius 1 is 1.07 bits per heavy atom. The van der Waals surface area contributed by atoms with Gasteiger partial charge in [0.05, 0.1) is 31.1 Å². The number of benzene rings is 2. The van der Waals surface area contributed by atoms with E-state index in [2.05, 4.69) is 10.2 Å². The van der Waals surface area contributed by atoms with Gasteiger partial charge in [-0.25, -0.2) is 8.42 Å². The fraction of sp³-hybridized carbons (Fsp3) is 0.333. The molecule has 3 rings (SSSR count). The van der Waals surface area contributed by atoms with Gasteiger partial charge in [-0.05, 0) is 49.4 Å². The van der Waals surface area contributed by atoms with Crippen molar-refractivity contribution in [3.8, 4) is 0 Å². The second-order valence-electron chi connectivity index (χ2n) is 7.37. The molecule has 1 heterocycles. The molecule has 0 aromatic heterocycles. The standard InChI is InChI=1S/C21H25N3O4S/c1-16(25)17-6-8-19(9-7-17)24-12-10-23(11-13-24)15-21(26)22-18-4-3-5-20(14-18)29(2,27)28/h3-9,14H,10-13,15H2,1-2H3,(H,22,26)/p+1. The first kappa shape index (κ1) is 21.0. The molecule has 2 aromatic carbocycles. The highest BCUT2D eigenvalue weighted by molar-refractivity contribution is 7.90. The molecule has 1 amide bonds. The Balaban J connectivity index is 1.51. The summed E-state index contributed by atoms with van der Waals surface area (Å²) in [6.07, 6.45) is 1.14. The number of Topliss-reactive ketones (excluding diaryl/α,β-unsaturated/α-hetero) is 1. The van der Waals surface area contributed by atoms with Crippen molar-refractivity contribution in [1.29, 1.82) is 0 Å². The van der Waals surface area contributed by atoms with Crippen LogP contribution in [0.15, 0.2) is 53.4 Å². The molecule has 0 atom stereocenters. The minimum absolute atomic E-state index is 0.0545. The molecule has 1 aliphatic rings. The van der Waals surface area contributed by atoms with Gasteiger partial charge in [0.25, 0.3) is 5.91 Å². The van der Waals surface area contributed by atoms with Crippen LogP contribution in [0.2, 0.25) is 0 Å². The van der Waals surface area contributed by atoms with Crippen LogP contribution in [-0.2, 0) is 14.6 Å². The maximum atomic E-state index is 12.4. The highest BCUT2D eigenvalue weighted by atomic mass is 32.2. The number of nitrogens with one attached hydrogen (secondary N) is 2. The molecule has 2 N–H and O–H groups in total. The molecule has 0 bridgehead atoms. The summed E-state index contributed by atoms with van der Waals surface area (Å²) in [5.74, 6) is -0.0798. The van der Waals surface area contributed by atoms with Gasteiger partial charge in [-0.15, -0.1) is 0 Å². The van der Waals surface area contributed by atoms with Crippen molar-refractivity contribution >= 4 is 32.9 Å². The van der Waals surface area contributed by atoms with Crippen molar-refractivity contribution < 1.29 is 22.9 Å². The van der Waals surface area contributed by atoms with E-state index in [0.29, 0.717) is 17.8 Å². The van der Waals surface area contributed by atoms with Crippen LogP contribution in [0.25, 0.3) is 0 Å². The number of hydrogen-bond acceptors (Lipinski definition) is 5. The number of rotatable bonds is 6. The fourth-order valence-corrected chi connectivity index (χ4v) is 4.07. The summed E-state index contributed by atoms with van der Waals surface area (Å²) < 4.78 is 23.3. The van der Waals surface area contributed by atoms with E-state index in [1.54, 1.807) is 19.1 Å². The van der Waals surface area contributed by atoms with E-state index >= 15 is 0 Å². The smallest absolute Gasteiger partial charge is 0.279 e.